The van der Waals surface area contributed by atoms with E-state index in [9.17, 15) is 5.11 Å². The van der Waals surface area contributed by atoms with Crippen LogP contribution in [0.1, 0.15) is 25.5 Å². The topological polar surface area (TPSA) is 50.7 Å². The zero-order valence-electron chi connectivity index (χ0n) is 11.3. The number of rotatable bonds is 8. The fourth-order valence-electron chi connectivity index (χ4n) is 1.56. The van der Waals surface area contributed by atoms with E-state index in [1.165, 1.54) is 5.56 Å². The molecule has 0 radical (unpaired) electrons. The maximum Gasteiger partial charge on any atom is 0.119 e. The van der Waals surface area contributed by atoms with Gasteiger partial charge >= 0.3 is 0 Å². The first kappa shape index (κ1) is 15.0. The number of aliphatic hydroxyl groups excluding tert-OH is 1. The van der Waals surface area contributed by atoms with Gasteiger partial charge in [0.25, 0.3) is 0 Å². The van der Waals surface area contributed by atoms with Crippen LogP contribution in [0.25, 0.3) is 0 Å². The van der Waals surface area contributed by atoms with Gasteiger partial charge in [-0.2, -0.15) is 0 Å². The lowest BCUT2D eigenvalue weighted by atomic mass is 10.1. The molecule has 0 fully saturated rings. The summed E-state index contributed by atoms with van der Waals surface area (Å²) in [5.74, 6) is 0.846. The van der Waals surface area contributed by atoms with E-state index in [0.29, 0.717) is 19.8 Å². The molecule has 1 aromatic carbocycles. The van der Waals surface area contributed by atoms with Crippen LogP contribution in [0.15, 0.2) is 24.3 Å². The SMILES string of the molecule is COCCOc1ccc(C(C)NCC(C)O)cc1. The van der Waals surface area contributed by atoms with Crippen LogP contribution in [-0.4, -0.2) is 38.1 Å². The van der Waals surface area contributed by atoms with Gasteiger partial charge in [-0.25, -0.2) is 0 Å². The van der Waals surface area contributed by atoms with Crippen LogP contribution in [0, 0.1) is 0 Å². The van der Waals surface area contributed by atoms with Gasteiger partial charge in [-0.15, -0.1) is 0 Å². The van der Waals surface area contributed by atoms with E-state index in [4.69, 9.17) is 9.47 Å². The Labute approximate surface area is 109 Å². The molecule has 0 heterocycles. The lowest BCUT2D eigenvalue weighted by Crippen LogP contribution is -2.27. The first-order chi connectivity index (χ1) is 8.63. The van der Waals surface area contributed by atoms with Crippen molar-refractivity contribution in [3.05, 3.63) is 29.8 Å². The van der Waals surface area contributed by atoms with Crippen LogP contribution in [-0.2, 0) is 4.74 Å². The van der Waals surface area contributed by atoms with Crippen molar-refractivity contribution in [2.45, 2.75) is 26.0 Å². The summed E-state index contributed by atoms with van der Waals surface area (Å²) in [6, 6.07) is 8.17. The first-order valence-corrected chi connectivity index (χ1v) is 6.26. The zero-order valence-corrected chi connectivity index (χ0v) is 11.3. The number of methoxy groups -OCH3 is 1. The van der Waals surface area contributed by atoms with Crippen molar-refractivity contribution in [2.24, 2.45) is 0 Å². The second kappa shape index (κ2) is 8.08. The summed E-state index contributed by atoms with van der Waals surface area (Å²) >= 11 is 0. The molecule has 4 heteroatoms. The highest BCUT2D eigenvalue weighted by Gasteiger charge is 2.06. The van der Waals surface area contributed by atoms with Crippen molar-refractivity contribution in [1.29, 1.82) is 0 Å². The van der Waals surface area contributed by atoms with Gasteiger partial charge in [0.2, 0.25) is 0 Å². The third-order valence-corrected chi connectivity index (χ3v) is 2.66. The van der Waals surface area contributed by atoms with Gasteiger partial charge in [0, 0.05) is 19.7 Å². The molecular weight excluding hydrogens is 230 g/mol. The number of nitrogens with one attached hydrogen (secondary N) is 1. The Bertz CT molecular complexity index is 324. The molecule has 2 unspecified atom stereocenters. The highest BCUT2D eigenvalue weighted by molar-refractivity contribution is 5.28. The monoisotopic (exact) mass is 253 g/mol. The van der Waals surface area contributed by atoms with Gasteiger partial charge in [-0.3, -0.25) is 0 Å². The van der Waals surface area contributed by atoms with E-state index in [-0.39, 0.29) is 12.1 Å². The lowest BCUT2D eigenvalue weighted by molar-refractivity contribution is 0.146. The molecule has 0 aliphatic rings. The Hall–Kier alpha value is -1.10. The molecule has 0 amide bonds. The normalized spacial score (nSPS) is 14.2. The Morgan fingerprint density at radius 3 is 2.39 bits per heavy atom. The number of aliphatic hydroxyl groups is 1. The number of benzene rings is 1. The van der Waals surface area contributed by atoms with Crippen LogP contribution in [0.5, 0.6) is 5.75 Å². The van der Waals surface area contributed by atoms with E-state index >= 15 is 0 Å². The molecule has 0 aliphatic carbocycles. The smallest absolute Gasteiger partial charge is 0.119 e. The van der Waals surface area contributed by atoms with Crippen LogP contribution in [0.2, 0.25) is 0 Å². The summed E-state index contributed by atoms with van der Waals surface area (Å²) in [7, 11) is 1.65. The quantitative estimate of drug-likeness (QED) is 0.693. The standard InChI is InChI=1S/C14H23NO3/c1-11(16)10-15-12(2)13-4-6-14(7-5-13)18-9-8-17-3/h4-7,11-12,15-16H,8-10H2,1-3H3. The molecular formula is C14H23NO3. The minimum Gasteiger partial charge on any atom is -0.491 e. The Morgan fingerprint density at radius 1 is 1.17 bits per heavy atom. The molecule has 1 aromatic rings. The van der Waals surface area contributed by atoms with E-state index in [1.54, 1.807) is 14.0 Å². The predicted octanol–water partition coefficient (Wildman–Crippen LogP) is 1.74. The fourth-order valence-corrected chi connectivity index (χ4v) is 1.56. The van der Waals surface area contributed by atoms with Crippen molar-refractivity contribution in [2.75, 3.05) is 26.9 Å². The average molecular weight is 253 g/mol. The van der Waals surface area contributed by atoms with Crippen molar-refractivity contribution in [3.63, 3.8) is 0 Å². The largest absolute Gasteiger partial charge is 0.491 e. The van der Waals surface area contributed by atoms with E-state index in [0.717, 1.165) is 5.75 Å². The number of hydrogen-bond donors (Lipinski definition) is 2. The van der Waals surface area contributed by atoms with Crippen LogP contribution < -0.4 is 10.1 Å². The first-order valence-electron chi connectivity index (χ1n) is 6.26. The van der Waals surface area contributed by atoms with E-state index in [2.05, 4.69) is 12.2 Å². The van der Waals surface area contributed by atoms with Gasteiger partial charge in [0.05, 0.1) is 12.7 Å². The summed E-state index contributed by atoms with van der Waals surface area (Å²) < 4.78 is 10.4. The van der Waals surface area contributed by atoms with Crippen LogP contribution >= 0.6 is 0 Å². The fraction of sp³-hybridized carbons (Fsp3) is 0.571. The molecule has 102 valence electrons. The Morgan fingerprint density at radius 2 is 1.83 bits per heavy atom. The van der Waals surface area contributed by atoms with Crippen molar-refractivity contribution >= 4 is 0 Å². The van der Waals surface area contributed by atoms with Gasteiger partial charge in [0.1, 0.15) is 12.4 Å². The van der Waals surface area contributed by atoms with Gasteiger partial charge in [0.15, 0.2) is 0 Å². The molecule has 0 aromatic heterocycles. The highest BCUT2D eigenvalue weighted by atomic mass is 16.5. The van der Waals surface area contributed by atoms with E-state index in [1.807, 2.05) is 24.3 Å². The third kappa shape index (κ3) is 5.49. The maximum absolute atomic E-state index is 9.22. The average Bonchev–Trinajstić information content (AvgIpc) is 2.37. The zero-order chi connectivity index (χ0) is 13.4. The summed E-state index contributed by atoms with van der Waals surface area (Å²) in [4.78, 5) is 0. The summed E-state index contributed by atoms with van der Waals surface area (Å²) in [6.07, 6.45) is -0.330. The second-order valence-corrected chi connectivity index (χ2v) is 4.39. The molecule has 0 saturated carbocycles. The third-order valence-electron chi connectivity index (χ3n) is 2.66. The van der Waals surface area contributed by atoms with E-state index < -0.39 is 0 Å². The van der Waals surface area contributed by atoms with Crippen molar-refractivity contribution in [1.82, 2.24) is 5.32 Å². The lowest BCUT2D eigenvalue weighted by Gasteiger charge is -2.16. The Balaban J connectivity index is 2.43. The van der Waals surface area contributed by atoms with Crippen molar-refractivity contribution < 1.29 is 14.6 Å². The maximum atomic E-state index is 9.22. The molecule has 0 saturated heterocycles. The van der Waals surface area contributed by atoms with Gasteiger partial charge in [-0.05, 0) is 31.5 Å². The van der Waals surface area contributed by atoms with Crippen LogP contribution in [0.4, 0.5) is 0 Å². The minimum atomic E-state index is -0.330. The summed E-state index contributed by atoms with van der Waals surface area (Å²) in [5.41, 5.74) is 1.18. The molecule has 0 spiro atoms. The summed E-state index contributed by atoms with van der Waals surface area (Å²) in [5, 5.41) is 12.5. The molecule has 2 N–H and O–H groups in total. The second-order valence-electron chi connectivity index (χ2n) is 4.39. The predicted molar refractivity (Wildman–Crippen MR) is 71.9 cm³/mol. The van der Waals surface area contributed by atoms with Gasteiger partial charge < -0.3 is 19.9 Å². The molecule has 18 heavy (non-hydrogen) atoms. The molecule has 4 nitrogen and oxygen atoms in total. The molecule has 0 bridgehead atoms. The summed E-state index contributed by atoms with van der Waals surface area (Å²) in [6.45, 7) is 5.59. The molecule has 1 rings (SSSR count). The number of ether oxygens (including phenoxy) is 2. The van der Waals surface area contributed by atoms with Crippen molar-refractivity contribution in [3.8, 4) is 5.75 Å². The van der Waals surface area contributed by atoms with Gasteiger partial charge in [-0.1, -0.05) is 12.1 Å². The molecule has 0 aliphatic heterocycles. The Kier molecular flexibility index (Phi) is 6.72. The minimum absolute atomic E-state index is 0.215. The number of hydrogen-bond acceptors (Lipinski definition) is 4. The highest BCUT2D eigenvalue weighted by Crippen LogP contribution is 2.17. The van der Waals surface area contributed by atoms with Crippen LogP contribution in [0.3, 0.4) is 0 Å². The molecule has 2 atom stereocenters.